The van der Waals surface area contributed by atoms with Gasteiger partial charge in [0.2, 0.25) is 0 Å². The van der Waals surface area contributed by atoms with Gasteiger partial charge in [-0.2, -0.15) is 31.3 Å². The van der Waals surface area contributed by atoms with Crippen molar-refractivity contribution in [3.05, 3.63) is 59.7 Å². The molecule has 1 saturated heterocycles. The van der Waals surface area contributed by atoms with Crippen LogP contribution in [-0.4, -0.2) is 18.7 Å². The summed E-state index contributed by atoms with van der Waals surface area (Å²) in [5.74, 6) is 0. The number of anilines is 1. The molecule has 1 aliphatic heterocycles. The van der Waals surface area contributed by atoms with Crippen LogP contribution in [0.4, 0.5) is 37.7 Å². The minimum absolute atomic E-state index is 0.00134. The molecule has 0 N–H and O–H groups in total. The number of amidine groups is 1. The average molecular weight is 402 g/mol. The molecule has 0 amide bonds. The van der Waals surface area contributed by atoms with Gasteiger partial charge in [-0.15, -0.1) is 0 Å². The number of ether oxygens (including phenoxy) is 1. The summed E-state index contributed by atoms with van der Waals surface area (Å²) >= 11 is 0. The molecular formula is C19H16F6N2O. The van der Waals surface area contributed by atoms with E-state index in [2.05, 4.69) is 4.99 Å². The fraction of sp³-hybridized carbons (Fsp3) is 0.316. The van der Waals surface area contributed by atoms with Gasteiger partial charge >= 0.3 is 12.4 Å². The minimum atomic E-state index is -4.53. The van der Waals surface area contributed by atoms with Gasteiger partial charge in [-0.1, -0.05) is 19.1 Å². The summed E-state index contributed by atoms with van der Waals surface area (Å²) in [7, 11) is 0. The second-order valence-corrected chi connectivity index (χ2v) is 6.25. The SMILES string of the molecule is CCC1CN(c2cccc(C(F)(F)F)c2)C(=Nc2cccc(C(F)(F)F)c2)O1. The molecule has 0 radical (unpaired) electrons. The Kier molecular flexibility index (Phi) is 5.27. The van der Waals surface area contributed by atoms with Crippen LogP contribution in [0.1, 0.15) is 24.5 Å². The number of rotatable bonds is 3. The maximum atomic E-state index is 13.0. The molecule has 0 aromatic heterocycles. The third-order valence-electron chi connectivity index (χ3n) is 4.23. The summed E-state index contributed by atoms with van der Waals surface area (Å²) in [6, 6.07) is 8.96. The summed E-state index contributed by atoms with van der Waals surface area (Å²) in [4.78, 5) is 5.55. The Bertz CT molecular complexity index is 875. The van der Waals surface area contributed by atoms with Crippen molar-refractivity contribution < 1.29 is 31.1 Å². The first-order chi connectivity index (χ1) is 13.1. The van der Waals surface area contributed by atoms with Crippen LogP contribution >= 0.6 is 0 Å². The van der Waals surface area contributed by atoms with E-state index in [-0.39, 0.29) is 30.0 Å². The maximum absolute atomic E-state index is 13.0. The van der Waals surface area contributed by atoms with Crippen molar-refractivity contribution in [3.63, 3.8) is 0 Å². The highest BCUT2D eigenvalue weighted by atomic mass is 19.4. The number of hydrogen-bond acceptors (Lipinski definition) is 2. The van der Waals surface area contributed by atoms with Crippen molar-refractivity contribution in [1.29, 1.82) is 0 Å². The summed E-state index contributed by atoms with van der Waals surface area (Å²) in [6.07, 6.45) is -8.81. The molecule has 0 bridgehead atoms. The lowest BCUT2D eigenvalue weighted by molar-refractivity contribution is -0.138. The zero-order chi connectivity index (χ0) is 20.5. The van der Waals surface area contributed by atoms with E-state index in [4.69, 9.17) is 4.74 Å². The molecule has 0 saturated carbocycles. The van der Waals surface area contributed by atoms with E-state index in [0.29, 0.717) is 6.42 Å². The summed E-state index contributed by atoms with van der Waals surface area (Å²) < 4.78 is 83.4. The molecule has 0 aliphatic carbocycles. The van der Waals surface area contributed by atoms with Gasteiger partial charge < -0.3 is 4.74 Å². The van der Waals surface area contributed by atoms with Crippen LogP contribution in [-0.2, 0) is 17.1 Å². The predicted octanol–water partition coefficient (Wildman–Crippen LogP) is 6.03. The highest BCUT2D eigenvalue weighted by Crippen LogP contribution is 2.34. The van der Waals surface area contributed by atoms with Crippen LogP contribution in [0, 0.1) is 0 Å². The van der Waals surface area contributed by atoms with Crippen LogP contribution in [0.3, 0.4) is 0 Å². The molecule has 3 rings (SSSR count). The van der Waals surface area contributed by atoms with Crippen LogP contribution < -0.4 is 4.90 Å². The van der Waals surface area contributed by atoms with Crippen molar-refractivity contribution in [3.8, 4) is 0 Å². The molecule has 1 atom stereocenters. The molecule has 2 aromatic rings. The van der Waals surface area contributed by atoms with E-state index in [0.717, 1.165) is 24.3 Å². The highest BCUT2D eigenvalue weighted by Gasteiger charge is 2.34. The smallest absolute Gasteiger partial charge is 0.416 e. The van der Waals surface area contributed by atoms with Crippen molar-refractivity contribution in [2.24, 2.45) is 4.99 Å². The van der Waals surface area contributed by atoms with E-state index in [1.54, 1.807) is 0 Å². The van der Waals surface area contributed by atoms with Crippen LogP contribution in [0.15, 0.2) is 53.5 Å². The van der Waals surface area contributed by atoms with E-state index in [1.807, 2.05) is 6.92 Å². The van der Waals surface area contributed by atoms with Gasteiger partial charge in [-0.05, 0) is 42.8 Å². The van der Waals surface area contributed by atoms with Crippen molar-refractivity contribution in [1.82, 2.24) is 0 Å². The first-order valence-electron chi connectivity index (χ1n) is 8.45. The Morgan fingerprint density at radius 2 is 1.57 bits per heavy atom. The molecule has 3 nitrogen and oxygen atoms in total. The van der Waals surface area contributed by atoms with E-state index >= 15 is 0 Å². The normalized spacial score (nSPS) is 19.2. The Hall–Kier alpha value is -2.71. The zero-order valence-electron chi connectivity index (χ0n) is 14.7. The van der Waals surface area contributed by atoms with E-state index < -0.39 is 23.5 Å². The lowest BCUT2D eigenvalue weighted by Crippen LogP contribution is -2.26. The first-order valence-corrected chi connectivity index (χ1v) is 8.45. The average Bonchev–Trinajstić information content (AvgIpc) is 3.03. The maximum Gasteiger partial charge on any atom is 0.416 e. The Morgan fingerprint density at radius 3 is 2.18 bits per heavy atom. The quantitative estimate of drug-likeness (QED) is 0.586. The molecule has 1 unspecified atom stereocenters. The molecule has 0 spiro atoms. The predicted molar refractivity (Wildman–Crippen MR) is 92.5 cm³/mol. The molecule has 150 valence electrons. The fourth-order valence-electron chi connectivity index (χ4n) is 2.76. The Morgan fingerprint density at radius 1 is 0.964 bits per heavy atom. The van der Waals surface area contributed by atoms with Gasteiger partial charge in [0.1, 0.15) is 6.10 Å². The van der Waals surface area contributed by atoms with Gasteiger partial charge in [0.15, 0.2) is 0 Å². The topological polar surface area (TPSA) is 24.8 Å². The number of nitrogens with zero attached hydrogens (tertiary/aromatic N) is 2. The van der Waals surface area contributed by atoms with Gasteiger partial charge in [0.05, 0.1) is 23.4 Å². The van der Waals surface area contributed by atoms with Crippen LogP contribution in [0.5, 0.6) is 0 Å². The number of halogens is 6. The van der Waals surface area contributed by atoms with E-state index in [9.17, 15) is 26.3 Å². The van der Waals surface area contributed by atoms with Crippen molar-refractivity contribution in [2.45, 2.75) is 31.8 Å². The molecule has 9 heteroatoms. The van der Waals surface area contributed by atoms with Gasteiger partial charge in [0, 0.05) is 5.69 Å². The summed E-state index contributed by atoms with van der Waals surface area (Å²) in [6.45, 7) is 2.08. The van der Waals surface area contributed by atoms with Gasteiger partial charge in [-0.25, -0.2) is 0 Å². The van der Waals surface area contributed by atoms with Gasteiger partial charge in [-0.3, -0.25) is 4.90 Å². The molecule has 2 aromatic carbocycles. The van der Waals surface area contributed by atoms with Crippen LogP contribution in [0.2, 0.25) is 0 Å². The van der Waals surface area contributed by atoms with Crippen molar-refractivity contribution >= 4 is 17.4 Å². The van der Waals surface area contributed by atoms with Crippen LogP contribution in [0.25, 0.3) is 0 Å². The second kappa shape index (κ2) is 7.37. The molecule has 1 aliphatic rings. The zero-order valence-corrected chi connectivity index (χ0v) is 14.7. The number of benzene rings is 2. The molecular weight excluding hydrogens is 386 g/mol. The molecule has 1 heterocycles. The summed E-state index contributed by atoms with van der Waals surface area (Å²) in [5, 5.41) is 0. The fourth-order valence-corrected chi connectivity index (χ4v) is 2.76. The first kappa shape index (κ1) is 20.0. The van der Waals surface area contributed by atoms with Gasteiger partial charge in [0.25, 0.3) is 6.02 Å². The number of alkyl halides is 6. The Labute approximate surface area is 157 Å². The molecule has 1 fully saturated rings. The largest absolute Gasteiger partial charge is 0.459 e. The standard InChI is InChI=1S/C19H16F6N2O/c1-2-16-11-27(15-8-4-6-13(10-15)19(23,24)25)17(28-16)26-14-7-3-5-12(9-14)18(20,21)22/h3-10,16H,2,11H2,1H3. The second-order valence-electron chi connectivity index (χ2n) is 6.25. The number of hydrogen-bond donors (Lipinski definition) is 0. The number of aliphatic imine (C=N–C) groups is 1. The van der Waals surface area contributed by atoms with Crippen molar-refractivity contribution in [2.75, 3.05) is 11.4 Å². The monoisotopic (exact) mass is 402 g/mol. The molecule has 28 heavy (non-hydrogen) atoms. The lowest BCUT2D eigenvalue weighted by Gasteiger charge is -2.18. The minimum Gasteiger partial charge on any atom is -0.459 e. The lowest BCUT2D eigenvalue weighted by atomic mass is 10.1. The Balaban J connectivity index is 1.99. The highest BCUT2D eigenvalue weighted by molar-refractivity contribution is 5.95. The van der Waals surface area contributed by atoms with E-state index in [1.165, 1.54) is 29.2 Å². The third kappa shape index (κ3) is 4.40. The third-order valence-corrected chi connectivity index (χ3v) is 4.23. The summed E-state index contributed by atoms with van der Waals surface area (Å²) in [5.41, 5.74) is -1.50.